The van der Waals surface area contributed by atoms with Crippen LogP contribution >= 0.6 is 0 Å². The molecule has 0 spiro atoms. The fourth-order valence-electron chi connectivity index (χ4n) is 1.29. The Morgan fingerprint density at radius 1 is 1.53 bits per heavy atom. The van der Waals surface area contributed by atoms with E-state index >= 15 is 0 Å². The zero-order chi connectivity index (χ0) is 10.7. The van der Waals surface area contributed by atoms with Gasteiger partial charge in [0.15, 0.2) is 17.6 Å². The normalized spacial score (nSPS) is 19.5. The molecule has 0 aliphatic carbocycles. The van der Waals surface area contributed by atoms with Gasteiger partial charge in [-0.25, -0.2) is 4.79 Å². The lowest BCUT2D eigenvalue weighted by Crippen LogP contribution is -2.21. The number of carbonyl (C=O) groups is 1. The molecule has 15 heavy (non-hydrogen) atoms. The summed E-state index contributed by atoms with van der Waals surface area (Å²) in [6.45, 7) is 0.669. The number of hydrogen-bond acceptors (Lipinski definition) is 4. The molecule has 0 radical (unpaired) electrons. The number of alkyl carbamates (subject to hydrolysis) is 1. The van der Waals surface area contributed by atoms with E-state index in [0.717, 1.165) is 0 Å². The van der Waals surface area contributed by atoms with Gasteiger partial charge in [-0.3, -0.25) is 0 Å². The number of aromatic hydroxyl groups is 1. The number of benzene rings is 1. The van der Waals surface area contributed by atoms with Gasteiger partial charge in [-0.05, 0) is 12.1 Å². The molecule has 1 heterocycles. The van der Waals surface area contributed by atoms with Gasteiger partial charge in [0.25, 0.3) is 0 Å². The van der Waals surface area contributed by atoms with Crippen molar-refractivity contribution in [2.75, 3.05) is 13.2 Å². The zero-order valence-electron chi connectivity index (χ0n) is 7.97. The van der Waals surface area contributed by atoms with Crippen LogP contribution in [0.4, 0.5) is 4.79 Å². The van der Waals surface area contributed by atoms with Crippen LogP contribution in [0.1, 0.15) is 0 Å². The number of phenols is 1. The largest absolute Gasteiger partial charge is 0.504 e. The first-order valence-corrected chi connectivity index (χ1v) is 4.61. The highest BCUT2D eigenvalue weighted by Gasteiger charge is 2.23. The van der Waals surface area contributed by atoms with Crippen molar-refractivity contribution < 1.29 is 19.4 Å². The monoisotopic (exact) mass is 209 g/mol. The minimum atomic E-state index is -0.430. The third-order valence-corrected chi connectivity index (χ3v) is 2.04. The van der Waals surface area contributed by atoms with Gasteiger partial charge in [-0.15, -0.1) is 0 Å². The molecule has 0 aromatic heterocycles. The summed E-state index contributed by atoms with van der Waals surface area (Å²) < 4.78 is 10.2. The van der Waals surface area contributed by atoms with Crippen molar-refractivity contribution in [3.63, 3.8) is 0 Å². The van der Waals surface area contributed by atoms with Gasteiger partial charge in [-0.2, -0.15) is 0 Å². The molecule has 2 rings (SSSR count). The number of phenolic OH excluding ortho intramolecular Hbond substituents is 1. The topological polar surface area (TPSA) is 67.8 Å². The van der Waals surface area contributed by atoms with E-state index in [9.17, 15) is 9.90 Å². The quantitative estimate of drug-likeness (QED) is 0.775. The number of carbonyl (C=O) groups excluding carboxylic acids is 1. The van der Waals surface area contributed by atoms with Crippen LogP contribution in [0.3, 0.4) is 0 Å². The molecule has 1 aromatic carbocycles. The third-order valence-electron chi connectivity index (χ3n) is 2.04. The second-order valence-corrected chi connectivity index (χ2v) is 3.19. The first kappa shape index (κ1) is 9.64. The van der Waals surface area contributed by atoms with Crippen LogP contribution in [0.5, 0.6) is 11.5 Å². The van der Waals surface area contributed by atoms with Gasteiger partial charge in [-0.1, -0.05) is 12.1 Å². The van der Waals surface area contributed by atoms with Crippen molar-refractivity contribution in [2.45, 2.75) is 6.10 Å². The maximum absolute atomic E-state index is 10.7. The van der Waals surface area contributed by atoms with Crippen LogP contribution in [0, 0.1) is 0 Å². The van der Waals surface area contributed by atoms with E-state index in [1.165, 1.54) is 6.07 Å². The highest BCUT2D eigenvalue weighted by atomic mass is 16.6. The maximum Gasteiger partial charge on any atom is 0.407 e. The Morgan fingerprint density at radius 3 is 3.00 bits per heavy atom. The van der Waals surface area contributed by atoms with E-state index in [4.69, 9.17) is 9.47 Å². The van der Waals surface area contributed by atoms with Crippen molar-refractivity contribution in [3.8, 4) is 11.5 Å². The van der Waals surface area contributed by atoms with Gasteiger partial charge < -0.3 is 19.9 Å². The van der Waals surface area contributed by atoms with Crippen LogP contribution in [0.25, 0.3) is 0 Å². The average Bonchev–Trinajstić information content (AvgIpc) is 2.63. The lowest BCUT2D eigenvalue weighted by atomic mass is 10.3. The molecular weight excluding hydrogens is 198 g/mol. The summed E-state index contributed by atoms with van der Waals surface area (Å²) >= 11 is 0. The Bertz CT molecular complexity index is 366. The molecule has 1 aliphatic heterocycles. The fraction of sp³-hybridized carbons (Fsp3) is 0.300. The first-order valence-electron chi connectivity index (χ1n) is 4.61. The molecule has 2 N–H and O–H groups in total. The minimum Gasteiger partial charge on any atom is -0.504 e. The van der Waals surface area contributed by atoms with Gasteiger partial charge in [0, 0.05) is 0 Å². The fourth-order valence-corrected chi connectivity index (χ4v) is 1.29. The number of nitrogens with one attached hydrogen (secondary N) is 1. The molecule has 0 saturated carbocycles. The number of cyclic esters (lactones) is 1. The SMILES string of the molecule is O=C1NCC(COc2ccccc2O)O1. The smallest absolute Gasteiger partial charge is 0.407 e. The van der Waals surface area contributed by atoms with Crippen molar-refractivity contribution in [3.05, 3.63) is 24.3 Å². The van der Waals surface area contributed by atoms with Gasteiger partial charge >= 0.3 is 6.09 Å². The summed E-state index contributed by atoms with van der Waals surface area (Å²) in [6, 6.07) is 6.65. The third kappa shape index (κ3) is 2.31. The molecular formula is C10H11NO4. The highest BCUT2D eigenvalue weighted by molar-refractivity contribution is 5.69. The standard InChI is InChI=1S/C10H11NO4/c12-8-3-1-2-4-9(8)14-6-7-5-11-10(13)15-7/h1-4,7,12H,5-6H2,(H,11,13). The molecule has 0 bridgehead atoms. The molecule has 1 aliphatic rings. The molecule has 1 fully saturated rings. The van der Waals surface area contributed by atoms with Gasteiger partial charge in [0.2, 0.25) is 0 Å². The molecule has 1 amide bonds. The molecule has 1 unspecified atom stereocenters. The molecule has 1 aromatic rings. The predicted molar refractivity (Wildman–Crippen MR) is 51.9 cm³/mol. The summed E-state index contributed by atoms with van der Waals surface area (Å²) in [6.07, 6.45) is -0.724. The molecule has 1 atom stereocenters. The molecule has 5 nitrogen and oxygen atoms in total. The summed E-state index contributed by atoms with van der Waals surface area (Å²) in [5.41, 5.74) is 0. The summed E-state index contributed by atoms with van der Waals surface area (Å²) in [4.78, 5) is 10.7. The lowest BCUT2D eigenvalue weighted by Gasteiger charge is -2.10. The van der Waals surface area contributed by atoms with E-state index in [2.05, 4.69) is 5.32 Å². The number of rotatable bonds is 3. The Balaban J connectivity index is 1.88. The van der Waals surface area contributed by atoms with Crippen molar-refractivity contribution in [2.24, 2.45) is 0 Å². The number of para-hydroxylation sites is 2. The number of amides is 1. The van der Waals surface area contributed by atoms with Crippen LogP contribution in [-0.4, -0.2) is 30.5 Å². The van der Waals surface area contributed by atoms with E-state index in [-0.39, 0.29) is 18.5 Å². The highest BCUT2D eigenvalue weighted by Crippen LogP contribution is 2.24. The Hall–Kier alpha value is -1.91. The van der Waals surface area contributed by atoms with E-state index in [1.54, 1.807) is 18.2 Å². The second kappa shape index (κ2) is 4.08. The minimum absolute atomic E-state index is 0.0785. The van der Waals surface area contributed by atoms with Crippen molar-refractivity contribution in [1.82, 2.24) is 5.32 Å². The van der Waals surface area contributed by atoms with Crippen LogP contribution in [0.2, 0.25) is 0 Å². The summed E-state index contributed by atoms with van der Waals surface area (Å²) in [7, 11) is 0. The van der Waals surface area contributed by atoms with Crippen LogP contribution in [0.15, 0.2) is 24.3 Å². The lowest BCUT2D eigenvalue weighted by molar-refractivity contribution is 0.104. The second-order valence-electron chi connectivity index (χ2n) is 3.19. The molecule has 5 heteroatoms. The Labute approximate surface area is 86.6 Å². The maximum atomic E-state index is 10.7. The van der Waals surface area contributed by atoms with Gasteiger partial charge in [0.1, 0.15) is 6.61 Å². The number of hydrogen-bond donors (Lipinski definition) is 2. The first-order chi connectivity index (χ1) is 7.25. The average molecular weight is 209 g/mol. The summed E-state index contributed by atoms with van der Waals surface area (Å²) in [5, 5.41) is 11.9. The predicted octanol–water partition coefficient (Wildman–Crippen LogP) is 0.879. The molecule has 80 valence electrons. The van der Waals surface area contributed by atoms with E-state index in [1.807, 2.05) is 0 Å². The van der Waals surface area contributed by atoms with Crippen molar-refractivity contribution in [1.29, 1.82) is 0 Å². The Kier molecular flexibility index (Phi) is 2.62. The zero-order valence-corrected chi connectivity index (χ0v) is 7.97. The van der Waals surface area contributed by atoms with Crippen LogP contribution in [-0.2, 0) is 4.74 Å². The Morgan fingerprint density at radius 2 is 2.33 bits per heavy atom. The molecule has 1 saturated heterocycles. The van der Waals surface area contributed by atoms with Crippen molar-refractivity contribution >= 4 is 6.09 Å². The van der Waals surface area contributed by atoms with Crippen LogP contribution < -0.4 is 10.1 Å². The summed E-state index contributed by atoms with van der Waals surface area (Å²) in [5.74, 6) is 0.468. The number of ether oxygens (including phenoxy) is 2. The van der Waals surface area contributed by atoms with E-state index < -0.39 is 6.09 Å². The van der Waals surface area contributed by atoms with Gasteiger partial charge in [0.05, 0.1) is 6.54 Å². The van der Waals surface area contributed by atoms with E-state index in [0.29, 0.717) is 12.3 Å².